The minimum absolute atomic E-state index is 0.223. The number of carbonyl (C=O) groups is 1. The number of hydrogen-bond donors (Lipinski definition) is 1. The molecular weight excluding hydrogens is 198 g/mol. The Hall–Kier alpha value is -1.90. The van der Waals surface area contributed by atoms with Gasteiger partial charge in [0.25, 0.3) is 0 Å². The van der Waals surface area contributed by atoms with Gasteiger partial charge >= 0.3 is 0 Å². The molecule has 0 aliphatic rings. The molecule has 15 heavy (non-hydrogen) atoms. The first-order valence-corrected chi connectivity index (χ1v) is 4.55. The van der Waals surface area contributed by atoms with Crippen molar-refractivity contribution in [3.8, 4) is 0 Å². The van der Waals surface area contributed by atoms with Crippen LogP contribution < -0.4 is 5.32 Å². The molecule has 0 aromatic carbocycles. The molecule has 0 bridgehead atoms. The van der Waals surface area contributed by atoms with Crippen LogP contribution in [0.4, 0.5) is 0 Å². The fourth-order valence-corrected chi connectivity index (χ4v) is 0.882. The van der Waals surface area contributed by atoms with E-state index in [1.54, 1.807) is 0 Å². The van der Waals surface area contributed by atoms with Gasteiger partial charge in [0.05, 0.1) is 13.0 Å². The van der Waals surface area contributed by atoms with E-state index in [9.17, 15) is 14.9 Å². The number of amides is 1. The first kappa shape index (κ1) is 13.1. The van der Waals surface area contributed by atoms with Crippen LogP contribution in [0.3, 0.4) is 0 Å². The molecule has 0 spiro atoms. The van der Waals surface area contributed by atoms with Gasteiger partial charge in [0.2, 0.25) is 11.9 Å². The van der Waals surface area contributed by atoms with Crippen LogP contribution in [0.25, 0.3) is 4.85 Å². The van der Waals surface area contributed by atoms with Crippen molar-refractivity contribution in [1.82, 2.24) is 5.32 Å². The van der Waals surface area contributed by atoms with E-state index in [1.165, 1.54) is 0 Å². The minimum Gasteiger partial charge on any atom is -0.356 e. The molecule has 0 fully saturated rings. The van der Waals surface area contributed by atoms with Crippen molar-refractivity contribution in [3.63, 3.8) is 0 Å². The van der Waals surface area contributed by atoms with Gasteiger partial charge < -0.3 is 5.32 Å². The topological polar surface area (TPSA) is 76.6 Å². The first-order valence-electron chi connectivity index (χ1n) is 4.55. The number of nitrogens with zero attached hydrogens (tertiary/aromatic N) is 2. The number of carbonyl (C=O) groups excluding carboxylic acids is 1. The van der Waals surface area contributed by atoms with Gasteiger partial charge in [0.1, 0.15) is 0 Å². The Morgan fingerprint density at radius 2 is 2.40 bits per heavy atom. The van der Waals surface area contributed by atoms with E-state index >= 15 is 0 Å². The predicted molar refractivity (Wildman–Crippen MR) is 54.4 cm³/mol. The number of hydrogen-bond acceptors (Lipinski definition) is 3. The largest absolute Gasteiger partial charge is 0.356 e. The summed E-state index contributed by atoms with van der Waals surface area (Å²) in [4.78, 5) is 23.9. The molecule has 6 heteroatoms. The van der Waals surface area contributed by atoms with E-state index in [-0.39, 0.29) is 12.3 Å². The summed E-state index contributed by atoms with van der Waals surface area (Å²) in [5.41, 5.74) is 0. The van der Waals surface area contributed by atoms with Gasteiger partial charge in [0, 0.05) is 11.5 Å². The van der Waals surface area contributed by atoms with Crippen molar-refractivity contribution >= 4 is 5.91 Å². The summed E-state index contributed by atoms with van der Waals surface area (Å²) in [6, 6.07) is -1.11. The lowest BCUT2D eigenvalue weighted by Crippen LogP contribution is -2.30. The summed E-state index contributed by atoms with van der Waals surface area (Å²) in [6.07, 6.45) is 2.69. The number of nitrogens with one attached hydrogen (secondary N) is 1. The average molecular weight is 211 g/mol. The van der Waals surface area contributed by atoms with Crippen LogP contribution in [0.15, 0.2) is 12.3 Å². The fourth-order valence-electron chi connectivity index (χ4n) is 0.882. The second kappa shape index (κ2) is 7.50. The highest BCUT2D eigenvalue weighted by Crippen LogP contribution is 1.99. The zero-order valence-corrected chi connectivity index (χ0v) is 8.47. The summed E-state index contributed by atoms with van der Waals surface area (Å²) in [5.74, 6) is -0.367. The van der Waals surface area contributed by atoms with Crippen molar-refractivity contribution in [2.75, 3.05) is 6.54 Å². The van der Waals surface area contributed by atoms with Gasteiger partial charge in [-0.2, -0.15) is 0 Å². The number of rotatable bonds is 6. The van der Waals surface area contributed by atoms with Gasteiger partial charge in [-0.25, -0.2) is 4.85 Å². The van der Waals surface area contributed by atoms with Crippen LogP contribution >= 0.6 is 0 Å². The molecule has 1 amide bonds. The van der Waals surface area contributed by atoms with Crippen molar-refractivity contribution in [2.24, 2.45) is 0 Å². The third-order valence-electron chi connectivity index (χ3n) is 1.62. The summed E-state index contributed by atoms with van der Waals surface area (Å²) in [6.45, 7) is 8.85. The molecule has 0 saturated heterocycles. The van der Waals surface area contributed by atoms with Gasteiger partial charge in [-0.15, -0.1) is 0 Å². The summed E-state index contributed by atoms with van der Waals surface area (Å²) in [5, 5.41) is 13.0. The van der Waals surface area contributed by atoms with E-state index in [0.29, 0.717) is 6.54 Å². The zero-order chi connectivity index (χ0) is 11.7. The van der Waals surface area contributed by atoms with Crippen molar-refractivity contribution in [2.45, 2.75) is 25.8 Å². The standard InChI is InChI=1S/C9H13N3O3/c1-3-5-11-9(13)7-8(12(14)15)4-6-10-2/h4,6,8H,3,5,7H2,1H3,(H,11,13)/b6-4+. The predicted octanol–water partition coefficient (Wildman–Crippen LogP) is 0.981. The van der Waals surface area contributed by atoms with E-state index in [1.807, 2.05) is 6.92 Å². The second-order valence-corrected chi connectivity index (χ2v) is 2.88. The van der Waals surface area contributed by atoms with Crippen LogP contribution in [0.1, 0.15) is 19.8 Å². The third-order valence-corrected chi connectivity index (χ3v) is 1.62. The van der Waals surface area contributed by atoms with Crippen LogP contribution in [0, 0.1) is 16.7 Å². The SMILES string of the molecule is [C-]#[N+]/C=C/C(CC(=O)NCCC)[N+](=O)[O-]. The maximum atomic E-state index is 11.2. The van der Waals surface area contributed by atoms with Gasteiger partial charge in [-0.1, -0.05) is 6.92 Å². The van der Waals surface area contributed by atoms with E-state index < -0.39 is 11.0 Å². The van der Waals surface area contributed by atoms with Crippen LogP contribution in [-0.2, 0) is 4.79 Å². The minimum atomic E-state index is -1.11. The van der Waals surface area contributed by atoms with Crippen molar-refractivity contribution < 1.29 is 9.72 Å². The molecule has 6 nitrogen and oxygen atoms in total. The molecule has 0 heterocycles. The molecule has 1 unspecified atom stereocenters. The molecule has 82 valence electrons. The van der Waals surface area contributed by atoms with E-state index in [4.69, 9.17) is 6.57 Å². The maximum absolute atomic E-state index is 11.2. The van der Waals surface area contributed by atoms with Gasteiger partial charge in [-0.3, -0.25) is 14.9 Å². The molecule has 0 aliphatic carbocycles. The molecule has 0 radical (unpaired) electrons. The zero-order valence-electron chi connectivity index (χ0n) is 8.47. The Bertz CT molecular complexity index is 293. The Labute approximate surface area is 87.9 Å². The molecule has 0 saturated carbocycles. The van der Waals surface area contributed by atoms with Crippen LogP contribution in [-0.4, -0.2) is 23.4 Å². The summed E-state index contributed by atoms with van der Waals surface area (Å²) in [7, 11) is 0. The van der Waals surface area contributed by atoms with Crippen LogP contribution in [0.2, 0.25) is 0 Å². The lowest BCUT2D eigenvalue weighted by Gasteiger charge is -2.05. The van der Waals surface area contributed by atoms with E-state index in [0.717, 1.165) is 18.7 Å². The Kier molecular flexibility index (Phi) is 6.55. The highest BCUT2D eigenvalue weighted by molar-refractivity contribution is 5.76. The monoisotopic (exact) mass is 211 g/mol. The Balaban J connectivity index is 4.18. The smallest absolute Gasteiger partial charge is 0.230 e. The quantitative estimate of drug-likeness (QED) is 0.404. The first-order chi connectivity index (χ1) is 7.11. The second-order valence-electron chi connectivity index (χ2n) is 2.88. The molecule has 1 atom stereocenters. The van der Waals surface area contributed by atoms with E-state index in [2.05, 4.69) is 10.2 Å². The van der Waals surface area contributed by atoms with Crippen LogP contribution in [0.5, 0.6) is 0 Å². The van der Waals surface area contributed by atoms with Crippen molar-refractivity contribution in [3.05, 3.63) is 33.8 Å². The summed E-state index contributed by atoms with van der Waals surface area (Å²) < 4.78 is 0. The highest BCUT2D eigenvalue weighted by atomic mass is 16.6. The normalized spacial score (nSPS) is 12.0. The fraction of sp³-hybridized carbons (Fsp3) is 0.556. The maximum Gasteiger partial charge on any atom is 0.230 e. The Morgan fingerprint density at radius 1 is 1.73 bits per heavy atom. The molecule has 0 aromatic heterocycles. The number of nitro groups is 1. The molecular formula is C9H13N3O3. The average Bonchev–Trinajstić information content (AvgIpc) is 2.20. The van der Waals surface area contributed by atoms with Gasteiger partial charge in [-0.05, 0) is 12.5 Å². The highest BCUT2D eigenvalue weighted by Gasteiger charge is 2.19. The lowest BCUT2D eigenvalue weighted by atomic mass is 10.2. The molecule has 1 N–H and O–H groups in total. The lowest BCUT2D eigenvalue weighted by molar-refractivity contribution is -0.508. The molecule has 0 rings (SSSR count). The molecule has 0 aromatic rings. The van der Waals surface area contributed by atoms with Crippen molar-refractivity contribution in [1.29, 1.82) is 0 Å². The van der Waals surface area contributed by atoms with Gasteiger partial charge in [0.15, 0.2) is 6.20 Å². The third kappa shape index (κ3) is 6.21. The summed E-state index contributed by atoms with van der Waals surface area (Å²) >= 11 is 0. The Morgan fingerprint density at radius 3 is 2.87 bits per heavy atom. The molecule has 0 aliphatic heterocycles.